The molecule has 0 aliphatic heterocycles. The second-order valence-corrected chi connectivity index (χ2v) is 3.87. The van der Waals surface area contributed by atoms with Gasteiger partial charge in [-0.1, -0.05) is 26.7 Å². The molecule has 3 heteroatoms. The second-order valence-electron chi connectivity index (χ2n) is 3.87. The molecule has 1 heterocycles. The first-order valence-electron chi connectivity index (χ1n) is 5.25. The number of nitrogens with zero attached hydrogens (tertiary/aromatic N) is 2. The predicted molar refractivity (Wildman–Crippen MR) is 57.6 cm³/mol. The highest BCUT2D eigenvalue weighted by Crippen LogP contribution is 2.19. The van der Waals surface area contributed by atoms with Gasteiger partial charge in [-0.15, -0.1) is 0 Å². The van der Waals surface area contributed by atoms with E-state index in [-0.39, 0.29) is 6.04 Å². The SMILES string of the molecule is CCCC(C)CC(N)c1ccncn1. The van der Waals surface area contributed by atoms with E-state index < -0.39 is 0 Å². The summed E-state index contributed by atoms with van der Waals surface area (Å²) in [6.07, 6.45) is 6.76. The summed E-state index contributed by atoms with van der Waals surface area (Å²) in [5, 5.41) is 0. The molecule has 2 atom stereocenters. The molecule has 0 aliphatic rings. The topological polar surface area (TPSA) is 51.8 Å². The normalized spacial score (nSPS) is 15.1. The van der Waals surface area contributed by atoms with Gasteiger partial charge in [-0.2, -0.15) is 0 Å². The number of hydrogen-bond acceptors (Lipinski definition) is 3. The minimum atomic E-state index is 0.0551. The molecule has 0 saturated carbocycles. The molecule has 0 radical (unpaired) electrons. The average Bonchev–Trinajstić information content (AvgIpc) is 2.19. The van der Waals surface area contributed by atoms with Crippen LogP contribution in [0.2, 0.25) is 0 Å². The third-order valence-electron chi connectivity index (χ3n) is 2.42. The number of hydrogen-bond donors (Lipinski definition) is 1. The van der Waals surface area contributed by atoms with Crippen LogP contribution in [-0.4, -0.2) is 9.97 Å². The molecule has 0 aromatic carbocycles. The molecule has 1 rings (SSSR count). The summed E-state index contributed by atoms with van der Waals surface area (Å²) in [6, 6.07) is 1.95. The lowest BCUT2D eigenvalue weighted by Crippen LogP contribution is -2.15. The van der Waals surface area contributed by atoms with Gasteiger partial charge in [-0.25, -0.2) is 9.97 Å². The smallest absolute Gasteiger partial charge is 0.115 e. The van der Waals surface area contributed by atoms with E-state index in [9.17, 15) is 0 Å². The molecule has 2 unspecified atom stereocenters. The van der Waals surface area contributed by atoms with Crippen LogP contribution in [0.15, 0.2) is 18.6 Å². The van der Waals surface area contributed by atoms with Crippen LogP contribution < -0.4 is 5.73 Å². The van der Waals surface area contributed by atoms with Crippen LogP contribution in [0.3, 0.4) is 0 Å². The van der Waals surface area contributed by atoms with Gasteiger partial charge in [0, 0.05) is 12.2 Å². The maximum atomic E-state index is 6.04. The van der Waals surface area contributed by atoms with E-state index in [1.165, 1.54) is 12.8 Å². The molecule has 1 aromatic rings. The highest BCUT2D eigenvalue weighted by molar-refractivity contribution is 5.03. The van der Waals surface area contributed by atoms with Crippen LogP contribution in [0.4, 0.5) is 0 Å². The fourth-order valence-electron chi connectivity index (χ4n) is 1.69. The molecule has 0 spiro atoms. The van der Waals surface area contributed by atoms with Crippen molar-refractivity contribution < 1.29 is 0 Å². The molecule has 0 saturated heterocycles. The summed E-state index contributed by atoms with van der Waals surface area (Å²) in [5.74, 6) is 0.671. The van der Waals surface area contributed by atoms with E-state index in [4.69, 9.17) is 5.73 Å². The van der Waals surface area contributed by atoms with E-state index in [0.29, 0.717) is 5.92 Å². The van der Waals surface area contributed by atoms with Crippen LogP contribution >= 0.6 is 0 Å². The van der Waals surface area contributed by atoms with Gasteiger partial charge >= 0.3 is 0 Å². The van der Waals surface area contributed by atoms with Crippen molar-refractivity contribution in [1.82, 2.24) is 9.97 Å². The highest BCUT2D eigenvalue weighted by Gasteiger charge is 2.11. The lowest BCUT2D eigenvalue weighted by molar-refractivity contribution is 0.435. The number of rotatable bonds is 5. The van der Waals surface area contributed by atoms with Crippen LogP contribution in [0.5, 0.6) is 0 Å². The Morgan fingerprint density at radius 1 is 1.50 bits per heavy atom. The molecule has 78 valence electrons. The Hall–Kier alpha value is -0.960. The van der Waals surface area contributed by atoms with Crippen LogP contribution in [-0.2, 0) is 0 Å². The maximum absolute atomic E-state index is 6.04. The van der Waals surface area contributed by atoms with Gasteiger partial charge < -0.3 is 5.73 Å². The lowest BCUT2D eigenvalue weighted by Gasteiger charge is -2.15. The zero-order valence-electron chi connectivity index (χ0n) is 8.98. The van der Waals surface area contributed by atoms with E-state index in [2.05, 4.69) is 23.8 Å². The van der Waals surface area contributed by atoms with Crippen molar-refractivity contribution in [2.75, 3.05) is 0 Å². The van der Waals surface area contributed by atoms with Crippen molar-refractivity contribution in [3.05, 3.63) is 24.3 Å². The molecular weight excluding hydrogens is 174 g/mol. The Morgan fingerprint density at radius 2 is 2.29 bits per heavy atom. The first kappa shape index (κ1) is 11.1. The van der Waals surface area contributed by atoms with Gasteiger partial charge in [0.25, 0.3) is 0 Å². The molecule has 0 bridgehead atoms. The Balaban J connectivity index is 2.46. The van der Waals surface area contributed by atoms with Gasteiger partial charge in [0.05, 0.1) is 5.69 Å². The van der Waals surface area contributed by atoms with E-state index in [1.54, 1.807) is 12.5 Å². The molecule has 14 heavy (non-hydrogen) atoms. The first-order chi connectivity index (χ1) is 6.74. The number of nitrogens with two attached hydrogens (primary N) is 1. The standard InChI is InChI=1S/C11H19N3/c1-3-4-9(2)7-10(12)11-5-6-13-8-14-11/h5-6,8-10H,3-4,7,12H2,1-2H3. The Morgan fingerprint density at radius 3 is 2.86 bits per heavy atom. The van der Waals surface area contributed by atoms with E-state index >= 15 is 0 Å². The van der Waals surface area contributed by atoms with Crippen molar-refractivity contribution >= 4 is 0 Å². The molecule has 0 fully saturated rings. The second kappa shape index (κ2) is 5.70. The molecule has 0 amide bonds. The van der Waals surface area contributed by atoms with E-state index in [1.807, 2.05) is 6.07 Å². The summed E-state index contributed by atoms with van der Waals surface area (Å²) in [5.41, 5.74) is 6.98. The van der Waals surface area contributed by atoms with Crippen LogP contribution in [0.25, 0.3) is 0 Å². The summed E-state index contributed by atoms with van der Waals surface area (Å²) in [7, 11) is 0. The quantitative estimate of drug-likeness (QED) is 0.780. The Labute approximate surface area is 85.8 Å². The fourth-order valence-corrected chi connectivity index (χ4v) is 1.69. The molecule has 0 aliphatic carbocycles. The average molecular weight is 193 g/mol. The fraction of sp³-hybridized carbons (Fsp3) is 0.636. The summed E-state index contributed by atoms with van der Waals surface area (Å²) in [6.45, 7) is 4.44. The van der Waals surface area contributed by atoms with Gasteiger partial charge in [0.15, 0.2) is 0 Å². The minimum Gasteiger partial charge on any atom is -0.323 e. The Kier molecular flexibility index (Phi) is 4.53. The molecule has 2 N–H and O–H groups in total. The highest BCUT2D eigenvalue weighted by atomic mass is 14.8. The summed E-state index contributed by atoms with van der Waals surface area (Å²) in [4.78, 5) is 8.03. The first-order valence-corrected chi connectivity index (χ1v) is 5.25. The van der Waals surface area contributed by atoms with Gasteiger partial charge in [0.1, 0.15) is 6.33 Å². The zero-order valence-corrected chi connectivity index (χ0v) is 8.98. The zero-order chi connectivity index (χ0) is 10.4. The predicted octanol–water partition coefficient (Wildman–Crippen LogP) is 2.30. The largest absolute Gasteiger partial charge is 0.323 e. The van der Waals surface area contributed by atoms with Crippen molar-refractivity contribution in [2.24, 2.45) is 11.7 Å². The van der Waals surface area contributed by atoms with Gasteiger partial charge in [0.2, 0.25) is 0 Å². The number of aromatic nitrogens is 2. The monoisotopic (exact) mass is 193 g/mol. The van der Waals surface area contributed by atoms with Gasteiger partial charge in [-0.05, 0) is 18.4 Å². The maximum Gasteiger partial charge on any atom is 0.115 e. The van der Waals surface area contributed by atoms with Crippen LogP contribution in [0.1, 0.15) is 44.8 Å². The van der Waals surface area contributed by atoms with Crippen LogP contribution in [0, 0.1) is 5.92 Å². The van der Waals surface area contributed by atoms with Crippen molar-refractivity contribution in [1.29, 1.82) is 0 Å². The summed E-state index contributed by atoms with van der Waals surface area (Å²) < 4.78 is 0. The van der Waals surface area contributed by atoms with Crippen molar-refractivity contribution in [3.8, 4) is 0 Å². The lowest BCUT2D eigenvalue weighted by atomic mass is 9.96. The Bertz CT molecular complexity index is 248. The molecule has 3 nitrogen and oxygen atoms in total. The summed E-state index contributed by atoms with van der Waals surface area (Å²) >= 11 is 0. The third kappa shape index (κ3) is 3.42. The van der Waals surface area contributed by atoms with Crippen molar-refractivity contribution in [2.45, 2.75) is 39.2 Å². The molecular formula is C11H19N3. The molecule has 1 aromatic heterocycles. The third-order valence-corrected chi connectivity index (χ3v) is 2.42. The van der Waals surface area contributed by atoms with E-state index in [0.717, 1.165) is 12.1 Å². The van der Waals surface area contributed by atoms with Gasteiger partial charge in [-0.3, -0.25) is 0 Å². The minimum absolute atomic E-state index is 0.0551. The van der Waals surface area contributed by atoms with Crippen molar-refractivity contribution in [3.63, 3.8) is 0 Å².